The Hall–Kier alpha value is -8.25. The number of benzene rings is 10. The predicted molar refractivity (Wildman–Crippen MR) is 269 cm³/mol. The summed E-state index contributed by atoms with van der Waals surface area (Å²) in [6.07, 6.45) is 0. The molecule has 0 amide bonds. The summed E-state index contributed by atoms with van der Waals surface area (Å²) in [6, 6.07) is 78.4. The average molecular weight is 833 g/mol. The largest absolute Gasteiger partial charge is 0.308 e. The molecule has 0 spiro atoms. The van der Waals surface area contributed by atoms with Gasteiger partial charge < -0.3 is 4.57 Å². The van der Waals surface area contributed by atoms with Crippen LogP contribution in [0.4, 0.5) is 0 Å². The molecular weight excluding hydrogens is 797 g/mol. The van der Waals surface area contributed by atoms with Crippen LogP contribution in [0.2, 0.25) is 0 Å². The van der Waals surface area contributed by atoms with Crippen molar-refractivity contribution in [3.8, 4) is 62.1 Å². The van der Waals surface area contributed by atoms with E-state index in [0.717, 1.165) is 55.7 Å². The van der Waals surface area contributed by atoms with Crippen molar-refractivity contribution in [1.29, 1.82) is 0 Å². The van der Waals surface area contributed by atoms with Gasteiger partial charge in [-0.3, -0.25) is 0 Å². The van der Waals surface area contributed by atoms with Crippen LogP contribution in [0.3, 0.4) is 0 Å². The Balaban J connectivity index is 1.13. The molecule has 0 atom stereocenters. The first-order valence-electron chi connectivity index (χ1n) is 21.6. The number of thiophene rings is 1. The number of hydrogen-bond donors (Lipinski definition) is 0. The Labute approximate surface area is 373 Å². The highest BCUT2D eigenvalue weighted by Gasteiger charge is 2.24. The smallest absolute Gasteiger partial charge is 0.164 e. The molecule has 64 heavy (non-hydrogen) atoms. The van der Waals surface area contributed by atoms with Crippen molar-refractivity contribution in [2.75, 3.05) is 0 Å². The molecule has 0 aliphatic carbocycles. The third-order valence-electron chi connectivity index (χ3n) is 12.6. The number of nitrogens with zero attached hydrogens (tertiary/aromatic N) is 4. The fraction of sp³-hybridized carbons (Fsp3) is 0. The fourth-order valence-corrected chi connectivity index (χ4v) is 10.7. The minimum atomic E-state index is 0.611. The average Bonchev–Trinajstić information content (AvgIpc) is 3.89. The maximum atomic E-state index is 5.37. The van der Waals surface area contributed by atoms with Crippen molar-refractivity contribution in [2.45, 2.75) is 0 Å². The van der Waals surface area contributed by atoms with Crippen LogP contribution in [0.25, 0.3) is 126 Å². The van der Waals surface area contributed by atoms with E-state index in [1.807, 2.05) is 18.2 Å². The molecule has 0 saturated carbocycles. The molecule has 0 unspecified atom stereocenters. The first-order valence-corrected chi connectivity index (χ1v) is 22.4. The Morgan fingerprint density at radius 1 is 0.297 bits per heavy atom. The zero-order chi connectivity index (χ0) is 42.1. The second kappa shape index (κ2) is 14.7. The Bertz CT molecular complexity index is 3790. The summed E-state index contributed by atoms with van der Waals surface area (Å²) < 4.78 is 4.98. The summed E-state index contributed by atoms with van der Waals surface area (Å²) in [7, 11) is 0. The lowest BCUT2D eigenvalue weighted by atomic mass is 9.92. The van der Waals surface area contributed by atoms with Gasteiger partial charge in [-0.2, -0.15) is 0 Å². The summed E-state index contributed by atoms with van der Waals surface area (Å²) in [5.41, 5.74) is 10.5. The molecule has 13 rings (SSSR count). The molecule has 298 valence electrons. The van der Waals surface area contributed by atoms with Crippen molar-refractivity contribution in [2.24, 2.45) is 0 Å². The summed E-state index contributed by atoms with van der Waals surface area (Å²) >= 11 is 1.80. The van der Waals surface area contributed by atoms with Gasteiger partial charge in [-0.25, -0.2) is 15.0 Å². The molecular formula is C59H36N4S. The van der Waals surface area contributed by atoms with E-state index >= 15 is 0 Å². The molecule has 0 radical (unpaired) electrons. The van der Waals surface area contributed by atoms with Gasteiger partial charge in [-0.05, 0) is 81.2 Å². The van der Waals surface area contributed by atoms with E-state index in [1.54, 1.807) is 11.3 Å². The normalized spacial score (nSPS) is 11.8. The molecule has 13 aromatic rings. The van der Waals surface area contributed by atoms with E-state index in [4.69, 9.17) is 15.0 Å². The number of fused-ring (bicyclic) bond motifs is 8. The standard InChI is InChI=1S/C59H36N4S/c1-4-16-37(17-5-1)48-32-45(59-61-57(39-20-8-3-9-21-39)60-58(62-59)44-28-29-47-46-26-14-15-27-54(46)64-55(47)36-44)33-49(38-18-6-2-7-19-38)56(48)63-52-34-42-24-12-10-22-40(42)30-50(52)51-31-41-23-11-13-25-43(41)35-53(51)63/h1-36H. The van der Waals surface area contributed by atoms with Crippen molar-refractivity contribution < 1.29 is 0 Å². The van der Waals surface area contributed by atoms with Gasteiger partial charge in [0.05, 0.1) is 16.7 Å². The summed E-state index contributed by atoms with van der Waals surface area (Å²) in [5.74, 6) is 1.88. The van der Waals surface area contributed by atoms with Gasteiger partial charge in [0.25, 0.3) is 0 Å². The van der Waals surface area contributed by atoms with Crippen molar-refractivity contribution in [3.05, 3.63) is 218 Å². The summed E-state index contributed by atoms with van der Waals surface area (Å²) in [6.45, 7) is 0. The zero-order valence-electron chi connectivity index (χ0n) is 34.5. The lowest BCUT2D eigenvalue weighted by Crippen LogP contribution is -2.04. The maximum absolute atomic E-state index is 5.37. The molecule has 0 N–H and O–H groups in total. The quantitative estimate of drug-likeness (QED) is 0.168. The molecule has 10 aromatic carbocycles. The first-order chi connectivity index (χ1) is 31.7. The SMILES string of the molecule is c1ccc(-c2nc(-c3cc(-c4ccccc4)c(-n4c5cc6ccccc6cc5c5cc6ccccc6cc54)c(-c4ccccc4)c3)nc(-c3ccc4c(c3)sc3ccccc34)n2)cc1. The van der Waals surface area contributed by atoms with Gasteiger partial charge in [0, 0.05) is 58.8 Å². The molecule has 3 heterocycles. The van der Waals surface area contributed by atoms with E-state index in [-0.39, 0.29) is 0 Å². The van der Waals surface area contributed by atoms with E-state index < -0.39 is 0 Å². The molecule has 0 aliphatic heterocycles. The second-order valence-electron chi connectivity index (χ2n) is 16.4. The van der Waals surface area contributed by atoms with E-state index in [2.05, 4.69) is 205 Å². The Morgan fingerprint density at radius 2 is 0.734 bits per heavy atom. The molecule has 5 heteroatoms. The number of aromatic nitrogens is 4. The van der Waals surface area contributed by atoms with Crippen molar-refractivity contribution >= 4 is 74.9 Å². The van der Waals surface area contributed by atoms with Crippen LogP contribution in [-0.4, -0.2) is 19.5 Å². The number of rotatable bonds is 6. The van der Waals surface area contributed by atoms with Crippen LogP contribution in [0.5, 0.6) is 0 Å². The minimum Gasteiger partial charge on any atom is -0.308 e. The fourth-order valence-electron chi connectivity index (χ4n) is 9.52. The van der Waals surface area contributed by atoms with Gasteiger partial charge in [-0.1, -0.05) is 170 Å². The monoisotopic (exact) mass is 832 g/mol. The summed E-state index contributed by atoms with van der Waals surface area (Å²) in [4.78, 5) is 15.8. The first kappa shape index (κ1) is 36.4. The Kier molecular flexibility index (Phi) is 8.36. The molecule has 0 aliphatic rings. The van der Waals surface area contributed by atoms with Crippen molar-refractivity contribution in [3.63, 3.8) is 0 Å². The van der Waals surface area contributed by atoms with Crippen LogP contribution in [0.15, 0.2) is 218 Å². The van der Waals surface area contributed by atoms with Gasteiger partial charge >= 0.3 is 0 Å². The topological polar surface area (TPSA) is 43.6 Å². The lowest BCUT2D eigenvalue weighted by molar-refractivity contribution is 1.07. The van der Waals surface area contributed by atoms with Gasteiger partial charge in [0.15, 0.2) is 17.5 Å². The van der Waals surface area contributed by atoms with Crippen LogP contribution < -0.4 is 0 Å². The van der Waals surface area contributed by atoms with Crippen LogP contribution in [-0.2, 0) is 0 Å². The van der Waals surface area contributed by atoms with Gasteiger partial charge in [0.2, 0.25) is 0 Å². The Morgan fingerprint density at radius 3 is 1.30 bits per heavy atom. The predicted octanol–water partition coefficient (Wildman–Crippen LogP) is 16.0. The number of hydrogen-bond acceptors (Lipinski definition) is 4. The lowest BCUT2D eigenvalue weighted by Gasteiger charge is -2.21. The summed E-state index contributed by atoms with van der Waals surface area (Å²) in [5, 5.41) is 9.76. The highest BCUT2D eigenvalue weighted by molar-refractivity contribution is 7.25. The zero-order valence-corrected chi connectivity index (χ0v) is 35.3. The van der Waals surface area contributed by atoms with E-state index in [9.17, 15) is 0 Å². The van der Waals surface area contributed by atoms with Gasteiger partial charge in [-0.15, -0.1) is 11.3 Å². The highest BCUT2D eigenvalue weighted by atomic mass is 32.1. The molecule has 0 bridgehead atoms. The van der Waals surface area contributed by atoms with Crippen LogP contribution in [0.1, 0.15) is 0 Å². The van der Waals surface area contributed by atoms with Crippen LogP contribution in [0, 0.1) is 0 Å². The highest BCUT2D eigenvalue weighted by Crippen LogP contribution is 2.45. The molecule has 4 nitrogen and oxygen atoms in total. The van der Waals surface area contributed by atoms with Crippen LogP contribution >= 0.6 is 11.3 Å². The molecule has 0 saturated heterocycles. The van der Waals surface area contributed by atoms with Gasteiger partial charge in [0.1, 0.15) is 0 Å². The maximum Gasteiger partial charge on any atom is 0.164 e. The molecule has 3 aromatic heterocycles. The minimum absolute atomic E-state index is 0.611. The van der Waals surface area contributed by atoms with Crippen molar-refractivity contribution in [1.82, 2.24) is 19.5 Å². The third kappa shape index (κ3) is 6.01. The van der Waals surface area contributed by atoms with E-state index in [0.29, 0.717) is 17.5 Å². The molecule has 0 fully saturated rings. The third-order valence-corrected chi connectivity index (χ3v) is 13.7. The second-order valence-corrected chi connectivity index (χ2v) is 17.5. The van der Waals surface area contributed by atoms with E-state index in [1.165, 1.54) is 52.5 Å².